The van der Waals surface area contributed by atoms with Crippen molar-refractivity contribution in [2.75, 3.05) is 7.11 Å². The van der Waals surface area contributed by atoms with Gasteiger partial charge in [0.05, 0.1) is 17.7 Å². The van der Waals surface area contributed by atoms with E-state index in [9.17, 15) is 9.90 Å². The number of H-pyrrole nitrogens is 1. The second-order valence-electron chi connectivity index (χ2n) is 5.86. The van der Waals surface area contributed by atoms with Gasteiger partial charge in [0.15, 0.2) is 0 Å². The van der Waals surface area contributed by atoms with Crippen LogP contribution in [0.2, 0.25) is 0 Å². The number of aromatic amines is 1. The quantitative estimate of drug-likeness (QED) is 0.543. The van der Waals surface area contributed by atoms with Crippen LogP contribution >= 0.6 is 11.3 Å². The molecule has 0 saturated heterocycles. The maximum atomic E-state index is 11.2. The van der Waals surface area contributed by atoms with Crippen LogP contribution in [-0.4, -0.2) is 28.2 Å². The van der Waals surface area contributed by atoms with E-state index in [1.54, 1.807) is 24.5 Å². The summed E-state index contributed by atoms with van der Waals surface area (Å²) in [5.41, 5.74) is 3.89. The monoisotopic (exact) mass is 364 g/mol. The van der Waals surface area contributed by atoms with Crippen LogP contribution in [0.5, 0.6) is 5.75 Å². The molecule has 6 heteroatoms. The molecule has 3 aromatic heterocycles. The standard InChI is InChI=1S/C20H16N2O3S/c1-25-13-7-8-14-15(10-12-4-2-5-16(21-12)20(23)24)19(22-17(14)11-13)18-6-3-9-26-18/h2-9,11,22H,10H2,1H3,(H,23,24). The van der Waals surface area contributed by atoms with Gasteiger partial charge in [0, 0.05) is 29.1 Å². The Hall–Kier alpha value is -3.12. The van der Waals surface area contributed by atoms with Gasteiger partial charge in [-0.2, -0.15) is 0 Å². The van der Waals surface area contributed by atoms with E-state index < -0.39 is 5.97 Å². The molecule has 5 nitrogen and oxygen atoms in total. The van der Waals surface area contributed by atoms with Gasteiger partial charge in [-0.1, -0.05) is 12.1 Å². The SMILES string of the molecule is COc1ccc2c(Cc3cccc(C(=O)O)n3)c(-c3cccs3)[nH]c2c1. The van der Waals surface area contributed by atoms with Gasteiger partial charge in [0.2, 0.25) is 0 Å². The number of ether oxygens (including phenoxy) is 1. The van der Waals surface area contributed by atoms with Gasteiger partial charge in [0.1, 0.15) is 11.4 Å². The predicted octanol–water partition coefficient (Wildman–Crippen LogP) is 4.59. The van der Waals surface area contributed by atoms with Crippen molar-refractivity contribution in [2.45, 2.75) is 6.42 Å². The van der Waals surface area contributed by atoms with Gasteiger partial charge >= 0.3 is 5.97 Å². The highest BCUT2D eigenvalue weighted by Gasteiger charge is 2.16. The summed E-state index contributed by atoms with van der Waals surface area (Å²) < 4.78 is 5.33. The first-order chi connectivity index (χ1) is 12.7. The minimum Gasteiger partial charge on any atom is -0.497 e. The molecular formula is C20H16N2O3S. The largest absolute Gasteiger partial charge is 0.497 e. The van der Waals surface area contributed by atoms with Crippen LogP contribution in [0.3, 0.4) is 0 Å². The summed E-state index contributed by atoms with van der Waals surface area (Å²) in [4.78, 5) is 20.1. The lowest BCUT2D eigenvalue weighted by Crippen LogP contribution is -2.03. The molecule has 0 bridgehead atoms. The molecule has 0 atom stereocenters. The number of carbonyl (C=O) groups is 1. The van der Waals surface area contributed by atoms with E-state index in [1.165, 1.54) is 6.07 Å². The summed E-state index contributed by atoms with van der Waals surface area (Å²) in [5, 5.41) is 12.3. The van der Waals surface area contributed by atoms with E-state index >= 15 is 0 Å². The van der Waals surface area contributed by atoms with Crippen LogP contribution in [0.4, 0.5) is 0 Å². The zero-order valence-electron chi connectivity index (χ0n) is 14.0. The van der Waals surface area contributed by atoms with Crippen LogP contribution in [-0.2, 0) is 6.42 Å². The number of carboxylic acid groups (broad SMARTS) is 1. The number of aromatic nitrogens is 2. The summed E-state index contributed by atoms with van der Waals surface area (Å²) in [6.07, 6.45) is 0.542. The van der Waals surface area contributed by atoms with Crippen LogP contribution in [0.1, 0.15) is 21.7 Å². The van der Waals surface area contributed by atoms with Crippen LogP contribution < -0.4 is 4.74 Å². The lowest BCUT2D eigenvalue weighted by molar-refractivity contribution is 0.0690. The second-order valence-corrected chi connectivity index (χ2v) is 6.81. The van der Waals surface area contributed by atoms with E-state index in [1.807, 2.05) is 35.7 Å². The van der Waals surface area contributed by atoms with Crippen LogP contribution in [0.25, 0.3) is 21.5 Å². The Morgan fingerprint density at radius 2 is 2.12 bits per heavy atom. The van der Waals surface area contributed by atoms with Gasteiger partial charge in [0.25, 0.3) is 0 Å². The molecule has 0 aliphatic carbocycles. The van der Waals surface area contributed by atoms with E-state index in [-0.39, 0.29) is 5.69 Å². The van der Waals surface area contributed by atoms with Gasteiger partial charge in [-0.15, -0.1) is 11.3 Å². The van der Waals surface area contributed by atoms with E-state index in [2.05, 4.69) is 16.0 Å². The van der Waals surface area contributed by atoms with Crippen molar-refractivity contribution >= 4 is 28.2 Å². The third-order valence-corrected chi connectivity index (χ3v) is 5.15. The fourth-order valence-electron chi connectivity index (χ4n) is 3.05. The number of nitrogens with zero attached hydrogens (tertiary/aromatic N) is 1. The highest BCUT2D eigenvalue weighted by Crippen LogP contribution is 2.35. The van der Waals surface area contributed by atoms with Crippen LogP contribution in [0.15, 0.2) is 53.9 Å². The number of thiophene rings is 1. The van der Waals surface area contributed by atoms with E-state index in [4.69, 9.17) is 4.74 Å². The summed E-state index contributed by atoms with van der Waals surface area (Å²) in [6.45, 7) is 0. The predicted molar refractivity (Wildman–Crippen MR) is 102 cm³/mol. The molecule has 0 amide bonds. The Labute approximate surface area is 153 Å². The molecule has 0 aliphatic heterocycles. The van der Waals surface area contributed by atoms with Crippen molar-refractivity contribution in [3.63, 3.8) is 0 Å². The normalized spacial score (nSPS) is 11.0. The number of aromatic carboxylic acids is 1. The minimum absolute atomic E-state index is 0.0571. The molecule has 2 N–H and O–H groups in total. The number of methoxy groups -OCH3 is 1. The van der Waals surface area contributed by atoms with E-state index in [0.717, 1.165) is 38.5 Å². The fourth-order valence-corrected chi connectivity index (χ4v) is 3.81. The summed E-state index contributed by atoms with van der Waals surface area (Å²) in [5.74, 6) is -0.233. The molecule has 4 rings (SSSR count). The van der Waals surface area contributed by atoms with E-state index in [0.29, 0.717) is 6.42 Å². The molecule has 0 radical (unpaired) electrons. The molecule has 0 spiro atoms. The summed E-state index contributed by atoms with van der Waals surface area (Å²) in [7, 11) is 1.65. The van der Waals surface area contributed by atoms with Crippen molar-refractivity contribution in [1.29, 1.82) is 0 Å². The van der Waals surface area contributed by atoms with Crippen molar-refractivity contribution in [3.8, 4) is 16.3 Å². The van der Waals surface area contributed by atoms with Crippen molar-refractivity contribution in [3.05, 3.63) is 70.9 Å². The number of carboxylic acids is 1. The molecule has 0 aliphatic rings. The first kappa shape index (κ1) is 16.4. The Kier molecular flexibility index (Phi) is 4.18. The van der Waals surface area contributed by atoms with Crippen molar-refractivity contribution < 1.29 is 14.6 Å². The Balaban J connectivity index is 1.86. The van der Waals surface area contributed by atoms with Crippen LogP contribution in [0, 0.1) is 0 Å². The Morgan fingerprint density at radius 3 is 2.85 bits per heavy atom. The van der Waals surface area contributed by atoms with Gasteiger partial charge in [-0.25, -0.2) is 9.78 Å². The molecular weight excluding hydrogens is 348 g/mol. The molecule has 0 saturated carbocycles. The van der Waals surface area contributed by atoms with Gasteiger partial charge in [-0.3, -0.25) is 0 Å². The topological polar surface area (TPSA) is 75.2 Å². The average Bonchev–Trinajstić information content (AvgIpc) is 3.29. The molecule has 0 unspecified atom stereocenters. The third-order valence-electron chi connectivity index (χ3n) is 4.26. The third kappa shape index (κ3) is 2.95. The minimum atomic E-state index is -1.02. The number of fused-ring (bicyclic) bond motifs is 1. The smallest absolute Gasteiger partial charge is 0.354 e. The van der Waals surface area contributed by atoms with Gasteiger partial charge in [-0.05, 0) is 41.3 Å². The lowest BCUT2D eigenvalue weighted by atomic mass is 10.0. The molecule has 130 valence electrons. The molecule has 26 heavy (non-hydrogen) atoms. The van der Waals surface area contributed by atoms with Crippen molar-refractivity contribution in [1.82, 2.24) is 9.97 Å². The lowest BCUT2D eigenvalue weighted by Gasteiger charge is -2.05. The number of hydrogen-bond acceptors (Lipinski definition) is 4. The average molecular weight is 364 g/mol. The fraction of sp³-hybridized carbons (Fsp3) is 0.100. The van der Waals surface area contributed by atoms with Crippen molar-refractivity contribution in [2.24, 2.45) is 0 Å². The molecule has 3 heterocycles. The molecule has 0 fully saturated rings. The number of nitrogens with one attached hydrogen (secondary N) is 1. The first-order valence-corrected chi connectivity index (χ1v) is 8.95. The zero-order chi connectivity index (χ0) is 18.1. The number of pyridine rings is 1. The second kappa shape index (κ2) is 6.65. The molecule has 4 aromatic rings. The Bertz CT molecular complexity index is 1080. The summed E-state index contributed by atoms with van der Waals surface area (Å²) >= 11 is 1.66. The number of rotatable bonds is 5. The number of hydrogen-bond donors (Lipinski definition) is 2. The Morgan fingerprint density at radius 1 is 1.23 bits per heavy atom. The highest BCUT2D eigenvalue weighted by molar-refractivity contribution is 7.13. The highest BCUT2D eigenvalue weighted by atomic mass is 32.1. The first-order valence-electron chi connectivity index (χ1n) is 8.07. The zero-order valence-corrected chi connectivity index (χ0v) is 14.8. The maximum absolute atomic E-state index is 11.2. The maximum Gasteiger partial charge on any atom is 0.354 e. The summed E-state index contributed by atoms with van der Waals surface area (Å²) in [6, 6.07) is 15.1. The number of benzene rings is 1. The molecule has 1 aromatic carbocycles. The van der Waals surface area contributed by atoms with Gasteiger partial charge < -0.3 is 14.8 Å².